The predicted molar refractivity (Wildman–Crippen MR) is 74.0 cm³/mol. The van der Waals surface area contributed by atoms with Gasteiger partial charge < -0.3 is 10.6 Å². The van der Waals surface area contributed by atoms with Gasteiger partial charge in [0, 0.05) is 24.9 Å². The van der Waals surface area contributed by atoms with Crippen LogP contribution in [0.2, 0.25) is 0 Å². The van der Waals surface area contributed by atoms with Gasteiger partial charge >= 0.3 is 0 Å². The first kappa shape index (κ1) is 16.4. The molecule has 0 aromatic carbocycles. The van der Waals surface area contributed by atoms with Crippen LogP contribution in [-0.4, -0.2) is 35.4 Å². The highest BCUT2D eigenvalue weighted by atomic mass is 35.5. The van der Waals surface area contributed by atoms with E-state index in [1.54, 1.807) is 4.90 Å². The Morgan fingerprint density at radius 1 is 1.65 bits per heavy atom. The second kappa shape index (κ2) is 7.63. The summed E-state index contributed by atoms with van der Waals surface area (Å²) < 4.78 is 0. The number of rotatable bonds is 5. The van der Waals surface area contributed by atoms with Crippen molar-refractivity contribution in [1.29, 1.82) is 0 Å². The zero-order valence-electron chi connectivity index (χ0n) is 10.5. The van der Waals surface area contributed by atoms with Gasteiger partial charge in [-0.15, -0.1) is 23.7 Å². The predicted octanol–water partition coefficient (Wildman–Crippen LogP) is 1.94. The second-order valence-electron chi connectivity index (χ2n) is 3.84. The molecular formula is C11H20ClN3OS. The average Bonchev–Trinajstić information content (AvgIpc) is 2.75. The summed E-state index contributed by atoms with van der Waals surface area (Å²) in [7, 11) is 1.82. The van der Waals surface area contributed by atoms with Gasteiger partial charge in [0.15, 0.2) is 0 Å². The lowest BCUT2D eigenvalue weighted by Gasteiger charge is -2.22. The van der Waals surface area contributed by atoms with E-state index in [0.29, 0.717) is 12.2 Å². The van der Waals surface area contributed by atoms with E-state index >= 15 is 0 Å². The first-order valence-corrected chi connectivity index (χ1v) is 6.39. The Kier molecular flexibility index (Phi) is 7.34. The van der Waals surface area contributed by atoms with Gasteiger partial charge in [-0.25, -0.2) is 4.98 Å². The molecule has 0 aliphatic rings. The van der Waals surface area contributed by atoms with E-state index in [-0.39, 0.29) is 24.4 Å². The number of thiazole rings is 1. The number of hydrogen-bond acceptors (Lipinski definition) is 4. The number of aromatic nitrogens is 1. The number of hydrogen-bond donors (Lipinski definition) is 1. The number of carbonyl (C=O) groups excluding carboxylic acids is 1. The second-order valence-corrected chi connectivity index (χ2v) is 4.78. The van der Waals surface area contributed by atoms with Gasteiger partial charge in [0.1, 0.15) is 5.69 Å². The summed E-state index contributed by atoms with van der Waals surface area (Å²) in [5.74, 6) is -0.00567. The molecule has 0 aliphatic carbocycles. The number of amides is 1. The van der Waals surface area contributed by atoms with Crippen molar-refractivity contribution in [3.05, 3.63) is 16.1 Å². The zero-order chi connectivity index (χ0) is 12.1. The molecule has 0 aliphatic heterocycles. The van der Waals surface area contributed by atoms with E-state index in [9.17, 15) is 4.79 Å². The molecule has 1 aromatic heterocycles. The first-order valence-electron chi connectivity index (χ1n) is 5.51. The molecular weight excluding hydrogens is 258 g/mol. The van der Waals surface area contributed by atoms with E-state index in [2.05, 4.69) is 11.9 Å². The largest absolute Gasteiger partial charge is 0.338 e. The van der Waals surface area contributed by atoms with Gasteiger partial charge in [0.25, 0.3) is 5.91 Å². The summed E-state index contributed by atoms with van der Waals surface area (Å²) in [4.78, 5) is 18.0. The molecule has 1 unspecified atom stereocenters. The maximum absolute atomic E-state index is 12.0. The number of nitrogens with zero attached hydrogens (tertiary/aromatic N) is 2. The Morgan fingerprint density at radius 3 is 2.82 bits per heavy atom. The summed E-state index contributed by atoms with van der Waals surface area (Å²) in [5.41, 5.74) is 5.98. The summed E-state index contributed by atoms with van der Waals surface area (Å²) >= 11 is 1.50. The monoisotopic (exact) mass is 277 g/mol. The fourth-order valence-electron chi connectivity index (χ4n) is 1.30. The Balaban J connectivity index is 0.00000256. The van der Waals surface area contributed by atoms with Crippen molar-refractivity contribution in [2.75, 3.05) is 13.6 Å². The van der Waals surface area contributed by atoms with Gasteiger partial charge in [-0.3, -0.25) is 4.79 Å². The molecule has 4 nitrogen and oxygen atoms in total. The summed E-state index contributed by atoms with van der Waals surface area (Å²) in [6.07, 6.45) is 1.69. The van der Waals surface area contributed by atoms with Crippen LogP contribution >= 0.6 is 23.7 Å². The molecule has 0 saturated heterocycles. The number of carbonyl (C=O) groups is 1. The highest BCUT2D eigenvalue weighted by Crippen LogP contribution is 2.13. The minimum Gasteiger partial charge on any atom is -0.338 e. The summed E-state index contributed by atoms with van der Waals surface area (Å²) in [6.45, 7) is 4.67. The molecule has 1 rings (SSSR count). The van der Waals surface area contributed by atoms with Crippen molar-refractivity contribution in [1.82, 2.24) is 9.88 Å². The van der Waals surface area contributed by atoms with Crippen molar-refractivity contribution >= 4 is 29.7 Å². The molecule has 0 radical (unpaired) electrons. The quantitative estimate of drug-likeness (QED) is 0.895. The topological polar surface area (TPSA) is 59.2 Å². The van der Waals surface area contributed by atoms with Crippen LogP contribution in [0.1, 0.15) is 35.8 Å². The molecule has 0 fully saturated rings. The van der Waals surface area contributed by atoms with Crippen LogP contribution in [0.4, 0.5) is 0 Å². The molecule has 6 heteroatoms. The van der Waals surface area contributed by atoms with Gasteiger partial charge in [-0.1, -0.05) is 6.92 Å². The zero-order valence-corrected chi connectivity index (χ0v) is 12.1. The standard InChI is InChI=1S/C11H19N3OS.ClH/c1-4-8(2)14(3)11(15)9-7-16-10(13-9)5-6-12;/h7-8H,4-6,12H2,1-3H3;1H. The molecule has 0 saturated carbocycles. The third-order valence-electron chi connectivity index (χ3n) is 2.70. The maximum atomic E-state index is 12.0. The van der Waals surface area contributed by atoms with Crippen molar-refractivity contribution < 1.29 is 4.79 Å². The summed E-state index contributed by atoms with van der Waals surface area (Å²) in [6, 6.07) is 0.243. The molecule has 1 heterocycles. The molecule has 2 N–H and O–H groups in total. The highest BCUT2D eigenvalue weighted by Gasteiger charge is 2.18. The molecule has 1 atom stereocenters. The van der Waals surface area contributed by atoms with Crippen molar-refractivity contribution in [2.45, 2.75) is 32.7 Å². The lowest BCUT2D eigenvalue weighted by molar-refractivity contribution is 0.0735. The minimum atomic E-state index is -0.00567. The van der Waals surface area contributed by atoms with Crippen LogP contribution in [0.25, 0.3) is 0 Å². The van der Waals surface area contributed by atoms with Crippen LogP contribution in [0.5, 0.6) is 0 Å². The minimum absolute atomic E-state index is 0. The van der Waals surface area contributed by atoms with Crippen LogP contribution in [0, 0.1) is 0 Å². The van der Waals surface area contributed by atoms with Crippen molar-refractivity contribution in [3.8, 4) is 0 Å². The SMILES string of the molecule is CCC(C)N(C)C(=O)c1csc(CCN)n1.Cl. The molecule has 0 spiro atoms. The van der Waals surface area contributed by atoms with Crippen LogP contribution in [-0.2, 0) is 6.42 Å². The Bertz CT molecular complexity index is 356. The van der Waals surface area contributed by atoms with Crippen LogP contribution < -0.4 is 5.73 Å². The Hall–Kier alpha value is -0.650. The molecule has 17 heavy (non-hydrogen) atoms. The normalized spacial score (nSPS) is 11.8. The number of nitrogens with two attached hydrogens (primary N) is 1. The average molecular weight is 278 g/mol. The van der Waals surface area contributed by atoms with Crippen LogP contribution in [0.3, 0.4) is 0 Å². The Morgan fingerprint density at radius 2 is 2.29 bits per heavy atom. The lowest BCUT2D eigenvalue weighted by Crippen LogP contribution is -2.34. The van der Waals surface area contributed by atoms with E-state index in [4.69, 9.17) is 5.73 Å². The number of halogens is 1. The van der Waals surface area contributed by atoms with Gasteiger partial charge in [0.05, 0.1) is 5.01 Å². The lowest BCUT2D eigenvalue weighted by atomic mass is 10.2. The van der Waals surface area contributed by atoms with Crippen LogP contribution in [0.15, 0.2) is 5.38 Å². The first-order chi connectivity index (χ1) is 7.60. The van der Waals surface area contributed by atoms with Crippen molar-refractivity contribution in [2.24, 2.45) is 5.73 Å². The van der Waals surface area contributed by atoms with E-state index in [0.717, 1.165) is 17.8 Å². The van der Waals surface area contributed by atoms with Gasteiger partial charge in [0.2, 0.25) is 0 Å². The maximum Gasteiger partial charge on any atom is 0.273 e. The van der Waals surface area contributed by atoms with E-state index in [1.807, 2.05) is 19.4 Å². The third-order valence-corrected chi connectivity index (χ3v) is 3.61. The van der Waals surface area contributed by atoms with Gasteiger partial charge in [-0.05, 0) is 19.9 Å². The summed E-state index contributed by atoms with van der Waals surface area (Å²) in [5, 5.41) is 2.75. The highest BCUT2D eigenvalue weighted by molar-refractivity contribution is 7.09. The molecule has 1 aromatic rings. The smallest absolute Gasteiger partial charge is 0.273 e. The Labute approximate surface area is 113 Å². The van der Waals surface area contributed by atoms with Crippen molar-refractivity contribution in [3.63, 3.8) is 0 Å². The molecule has 0 bridgehead atoms. The van der Waals surface area contributed by atoms with E-state index < -0.39 is 0 Å². The molecule has 98 valence electrons. The fourth-order valence-corrected chi connectivity index (χ4v) is 2.09. The third kappa shape index (κ3) is 4.26. The molecule has 1 amide bonds. The van der Waals surface area contributed by atoms with E-state index in [1.165, 1.54) is 11.3 Å². The fraction of sp³-hybridized carbons (Fsp3) is 0.636. The van der Waals surface area contributed by atoms with Gasteiger partial charge in [-0.2, -0.15) is 0 Å².